The molecule has 8 heteroatoms. The maximum Gasteiger partial charge on any atom is 0.341 e. The van der Waals surface area contributed by atoms with Gasteiger partial charge in [0.25, 0.3) is 0 Å². The van der Waals surface area contributed by atoms with Gasteiger partial charge in [0.1, 0.15) is 12.4 Å². The summed E-state index contributed by atoms with van der Waals surface area (Å²) in [5.74, 6) is -0.763. The highest BCUT2D eigenvalue weighted by Crippen LogP contribution is 2.41. The smallest absolute Gasteiger partial charge is 0.341 e. The van der Waals surface area contributed by atoms with E-state index < -0.39 is 18.0 Å². The van der Waals surface area contributed by atoms with Gasteiger partial charge in [-0.2, -0.15) is 0 Å². The molecule has 0 spiro atoms. The zero-order chi connectivity index (χ0) is 21.6. The molecular weight excluding hydrogens is 376 g/mol. The van der Waals surface area contributed by atoms with Crippen LogP contribution in [0.4, 0.5) is 10.5 Å². The Kier molecular flexibility index (Phi) is 7.64. The number of carbonyl (C=O) groups is 3. The SMILES string of the molecule is CCCNC(=O)Nc1c(CC=C(C)CCC(=O)O)c(OC)c(C)c2c1C(=O)OC2. The lowest BCUT2D eigenvalue weighted by molar-refractivity contribution is -0.136. The van der Waals surface area contributed by atoms with Crippen LogP contribution in [0.1, 0.15) is 60.2 Å². The fraction of sp³-hybridized carbons (Fsp3) is 0.476. The third-order valence-electron chi connectivity index (χ3n) is 4.84. The normalized spacial score (nSPS) is 13.0. The van der Waals surface area contributed by atoms with Crippen molar-refractivity contribution in [3.8, 4) is 5.75 Å². The second-order valence-corrected chi connectivity index (χ2v) is 6.97. The number of esters is 1. The first kappa shape index (κ1) is 22.3. The Morgan fingerprint density at radius 1 is 1.31 bits per heavy atom. The average Bonchev–Trinajstić information content (AvgIpc) is 3.07. The molecular formula is C21H28N2O6. The number of aliphatic carboxylic acids is 1. The van der Waals surface area contributed by atoms with Crippen LogP contribution in [-0.4, -0.2) is 36.7 Å². The number of carboxylic acid groups (broad SMARTS) is 1. The van der Waals surface area contributed by atoms with Gasteiger partial charge in [0.05, 0.1) is 18.4 Å². The highest BCUT2D eigenvalue weighted by atomic mass is 16.5. The summed E-state index contributed by atoms with van der Waals surface area (Å²) in [5.41, 5.74) is 3.77. The van der Waals surface area contributed by atoms with E-state index in [9.17, 15) is 14.4 Å². The fourth-order valence-corrected chi connectivity index (χ4v) is 3.27. The van der Waals surface area contributed by atoms with E-state index in [1.54, 1.807) is 0 Å². The second kappa shape index (κ2) is 9.95. The molecule has 29 heavy (non-hydrogen) atoms. The van der Waals surface area contributed by atoms with Gasteiger partial charge in [0.15, 0.2) is 0 Å². The number of urea groups is 1. The quantitative estimate of drug-likeness (QED) is 0.428. The van der Waals surface area contributed by atoms with E-state index in [-0.39, 0.29) is 13.0 Å². The zero-order valence-corrected chi connectivity index (χ0v) is 17.3. The molecule has 0 fully saturated rings. The summed E-state index contributed by atoms with van der Waals surface area (Å²) in [6.45, 7) is 6.29. The van der Waals surface area contributed by atoms with Crippen LogP contribution in [0, 0.1) is 6.92 Å². The molecule has 2 amide bonds. The number of ether oxygens (including phenoxy) is 2. The van der Waals surface area contributed by atoms with Crippen LogP contribution in [0.5, 0.6) is 5.75 Å². The maximum atomic E-state index is 12.4. The summed E-state index contributed by atoms with van der Waals surface area (Å²) >= 11 is 0. The van der Waals surface area contributed by atoms with Crippen molar-refractivity contribution in [2.45, 2.75) is 53.1 Å². The molecule has 0 aliphatic carbocycles. The number of anilines is 1. The molecule has 3 N–H and O–H groups in total. The lowest BCUT2D eigenvalue weighted by Gasteiger charge is -2.20. The van der Waals surface area contributed by atoms with Crippen LogP contribution < -0.4 is 15.4 Å². The van der Waals surface area contributed by atoms with Crippen LogP contribution in [0.3, 0.4) is 0 Å². The largest absolute Gasteiger partial charge is 0.496 e. The van der Waals surface area contributed by atoms with Gasteiger partial charge in [0, 0.05) is 24.1 Å². The van der Waals surface area contributed by atoms with Gasteiger partial charge in [-0.15, -0.1) is 0 Å². The molecule has 1 heterocycles. The minimum Gasteiger partial charge on any atom is -0.496 e. The number of methoxy groups -OCH3 is 1. The number of allylic oxidation sites excluding steroid dienone is 2. The molecule has 0 aromatic heterocycles. The van der Waals surface area contributed by atoms with E-state index in [0.717, 1.165) is 17.6 Å². The fourth-order valence-electron chi connectivity index (χ4n) is 3.27. The predicted octanol–water partition coefficient (Wildman–Crippen LogP) is 3.56. The first-order chi connectivity index (χ1) is 13.8. The molecule has 1 aromatic rings. The number of hydrogen-bond acceptors (Lipinski definition) is 5. The van der Waals surface area contributed by atoms with Crippen LogP contribution in [0.15, 0.2) is 11.6 Å². The van der Waals surface area contributed by atoms with Crippen LogP contribution in [-0.2, 0) is 22.6 Å². The van der Waals surface area contributed by atoms with Crippen molar-refractivity contribution in [2.24, 2.45) is 0 Å². The molecule has 158 valence electrons. The number of amides is 2. The van der Waals surface area contributed by atoms with E-state index in [1.165, 1.54) is 7.11 Å². The minimum atomic E-state index is -0.860. The minimum absolute atomic E-state index is 0.0412. The number of cyclic esters (lactones) is 1. The molecule has 1 aliphatic heterocycles. The van der Waals surface area contributed by atoms with Crippen molar-refractivity contribution >= 4 is 23.7 Å². The van der Waals surface area contributed by atoms with Crippen LogP contribution >= 0.6 is 0 Å². The van der Waals surface area contributed by atoms with Gasteiger partial charge >= 0.3 is 18.0 Å². The predicted molar refractivity (Wildman–Crippen MR) is 108 cm³/mol. The Morgan fingerprint density at radius 3 is 2.66 bits per heavy atom. The summed E-state index contributed by atoms with van der Waals surface area (Å²) in [7, 11) is 1.54. The summed E-state index contributed by atoms with van der Waals surface area (Å²) in [4.78, 5) is 35.5. The zero-order valence-electron chi connectivity index (χ0n) is 17.3. The highest BCUT2D eigenvalue weighted by molar-refractivity contribution is 6.05. The first-order valence-corrected chi connectivity index (χ1v) is 9.61. The monoisotopic (exact) mass is 404 g/mol. The number of fused-ring (bicyclic) bond motifs is 1. The molecule has 2 rings (SSSR count). The molecule has 0 saturated heterocycles. The van der Waals surface area contributed by atoms with Gasteiger partial charge in [-0.25, -0.2) is 9.59 Å². The van der Waals surface area contributed by atoms with E-state index >= 15 is 0 Å². The van der Waals surface area contributed by atoms with E-state index in [1.807, 2.05) is 26.8 Å². The Balaban J connectivity index is 2.48. The van der Waals surface area contributed by atoms with Crippen molar-refractivity contribution in [3.63, 3.8) is 0 Å². The second-order valence-electron chi connectivity index (χ2n) is 6.97. The number of benzene rings is 1. The van der Waals surface area contributed by atoms with Crippen LogP contribution in [0.2, 0.25) is 0 Å². The third-order valence-corrected chi connectivity index (χ3v) is 4.84. The third kappa shape index (κ3) is 5.28. The number of carboxylic acids is 1. The Morgan fingerprint density at radius 2 is 2.03 bits per heavy atom. The Hall–Kier alpha value is -3.03. The van der Waals surface area contributed by atoms with E-state index in [0.29, 0.717) is 47.5 Å². The molecule has 0 bridgehead atoms. The van der Waals surface area contributed by atoms with Crippen molar-refractivity contribution in [2.75, 3.05) is 19.0 Å². The molecule has 0 saturated carbocycles. The maximum absolute atomic E-state index is 12.4. The Labute approximate surface area is 170 Å². The summed E-state index contributed by atoms with van der Waals surface area (Å²) in [6, 6.07) is -0.410. The van der Waals surface area contributed by atoms with Gasteiger partial charge in [-0.3, -0.25) is 4.79 Å². The van der Waals surface area contributed by atoms with Crippen molar-refractivity contribution in [1.29, 1.82) is 0 Å². The number of nitrogens with one attached hydrogen (secondary N) is 2. The van der Waals surface area contributed by atoms with Gasteiger partial charge in [0.2, 0.25) is 0 Å². The molecule has 0 radical (unpaired) electrons. The molecule has 0 unspecified atom stereocenters. The molecule has 0 atom stereocenters. The number of hydrogen-bond donors (Lipinski definition) is 3. The van der Waals surface area contributed by atoms with Crippen LogP contribution in [0.25, 0.3) is 0 Å². The molecule has 1 aromatic carbocycles. The highest BCUT2D eigenvalue weighted by Gasteiger charge is 2.32. The van der Waals surface area contributed by atoms with Gasteiger partial charge in [-0.05, 0) is 38.7 Å². The lowest BCUT2D eigenvalue weighted by atomic mass is 9.93. The van der Waals surface area contributed by atoms with E-state index in [2.05, 4.69) is 10.6 Å². The van der Waals surface area contributed by atoms with Crippen molar-refractivity contribution in [3.05, 3.63) is 33.9 Å². The number of carbonyl (C=O) groups excluding carboxylic acids is 2. The van der Waals surface area contributed by atoms with Gasteiger partial charge < -0.3 is 25.2 Å². The average molecular weight is 404 g/mol. The first-order valence-electron chi connectivity index (χ1n) is 9.61. The van der Waals surface area contributed by atoms with E-state index in [4.69, 9.17) is 14.6 Å². The van der Waals surface area contributed by atoms with Gasteiger partial charge in [-0.1, -0.05) is 18.6 Å². The standard InChI is InChI=1S/C21H28N2O6/c1-5-10-22-21(27)23-18-14(8-6-12(2)7-9-16(24)25)19(28-4)13(3)15-11-29-20(26)17(15)18/h6H,5,7-11H2,1-4H3,(H,24,25)(H2,22,23,27). The topological polar surface area (TPSA) is 114 Å². The van der Waals surface area contributed by atoms with Crippen molar-refractivity contribution < 1.29 is 29.0 Å². The summed E-state index contributed by atoms with van der Waals surface area (Å²) < 4.78 is 10.8. The Bertz CT molecular complexity index is 844. The van der Waals surface area contributed by atoms with Crippen molar-refractivity contribution in [1.82, 2.24) is 5.32 Å². The number of rotatable bonds is 9. The molecule has 8 nitrogen and oxygen atoms in total. The molecule has 1 aliphatic rings. The summed E-state index contributed by atoms with van der Waals surface area (Å²) in [5, 5.41) is 14.4. The lowest BCUT2D eigenvalue weighted by Crippen LogP contribution is -2.30. The summed E-state index contributed by atoms with van der Waals surface area (Å²) in [6.07, 6.45) is 3.51.